The molecule has 1 aromatic heterocycles. The number of carboxylic acids is 1. The fraction of sp³-hybridized carbons (Fsp3) is 0.538. The van der Waals surface area contributed by atoms with Crippen LogP contribution >= 0.6 is 0 Å². The molecule has 0 aromatic carbocycles. The number of rotatable bonds is 4. The Bertz CT molecular complexity index is 580. The maximum absolute atomic E-state index is 12.2. The summed E-state index contributed by atoms with van der Waals surface area (Å²) in [7, 11) is 1.43. The average Bonchev–Trinajstić information content (AvgIpc) is 2.81. The Kier molecular flexibility index (Phi) is 4.25. The van der Waals surface area contributed by atoms with Gasteiger partial charge in [0.05, 0.1) is 13.0 Å². The summed E-state index contributed by atoms with van der Waals surface area (Å²) in [6, 6.07) is 2.19. The number of carbonyl (C=O) groups is 2. The summed E-state index contributed by atoms with van der Waals surface area (Å²) in [6.07, 6.45) is 2.84. The predicted octanol–water partition coefficient (Wildman–Crippen LogP) is 1.31. The quantitative estimate of drug-likeness (QED) is 0.642. The third kappa shape index (κ3) is 3.04. The van der Waals surface area contributed by atoms with Crippen molar-refractivity contribution in [3.63, 3.8) is 0 Å². The fourth-order valence-electron chi connectivity index (χ4n) is 2.75. The van der Waals surface area contributed by atoms with Crippen molar-refractivity contribution in [2.75, 3.05) is 0 Å². The van der Waals surface area contributed by atoms with Crippen LogP contribution in [0.3, 0.4) is 0 Å². The van der Waals surface area contributed by atoms with E-state index in [9.17, 15) is 24.8 Å². The minimum Gasteiger partial charge on any atom is -0.481 e. The van der Waals surface area contributed by atoms with Gasteiger partial charge in [0.15, 0.2) is 5.69 Å². The first-order chi connectivity index (χ1) is 9.91. The molecule has 2 N–H and O–H groups in total. The van der Waals surface area contributed by atoms with Crippen molar-refractivity contribution >= 4 is 17.7 Å². The van der Waals surface area contributed by atoms with Gasteiger partial charge in [-0.15, -0.1) is 0 Å². The van der Waals surface area contributed by atoms with Crippen LogP contribution < -0.4 is 5.32 Å². The van der Waals surface area contributed by atoms with E-state index in [0.717, 1.165) is 12.8 Å². The van der Waals surface area contributed by atoms with E-state index in [1.54, 1.807) is 0 Å². The van der Waals surface area contributed by atoms with E-state index in [4.69, 9.17) is 0 Å². The number of carboxylic acid groups (broad SMARTS) is 1. The molecule has 0 spiro atoms. The maximum Gasteiger partial charge on any atom is 0.323 e. The van der Waals surface area contributed by atoms with Gasteiger partial charge in [0, 0.05) is 12.1 Å². The zero-order chi connectivity index (χ0) is 15.6. The van der Waals surface area contributed by atoms with Gasteiger partial charge in [-0.1, -0.05) is 12.8 Å². The summed E-state index contributed by atoms with van der Waals surface area (Å²) < 4.78 is 1.19. The van der Waals surface area contributed by atoms with E-state index >= 15 is 0 Å². The molecule has 8 heteroatoms. The Labute approximate surface area is 120 Å². The molecule has 8 nitrogen and oxygen atoms in total. The molecule has 0 aliphatic heterocycles. The Morgan fingerprint density at radius 3 is 2.62 bits per heavy atom. The second-order valence-corrected chi connectivity index (χ2v) is 5.20. The average molecular weight is 295 g/mol. The van der Waals surface area contributed by atoms with Crippen molar-refractivity contribution in [2.24, 2.45) is 13.0 Å². The van der Waals surface area contributed by atoms with Gasteiger partial charge in [0.25, 0.3) is 5.91 Å². The lowest BCUT2D eigenvalue weighted by molar-refractivity contribution is -0.391. The first kappa shape index (κ1) is 15.0. The lowest BCUT2D eigenvalue weighted by Gasteiger charge is -2.28. The first-order valence-electron chi connectivity index (χ1n) is 6.75. The molecular weight excluding hydrogens is 278 g/mol. The number of carbonyl (C=O) groups excluding carboxylic acids is 1. The highest BCUT2D eigenvalue weighted by Crippen LogP contribution is 2.25. The third-order valence-electron chi connectivity index (χ3n) is 3.91. The SMILES string of the molecule is Cn1c(C(=O)NC2CCCCC2C(=O)O)ccc1[N+](=O)[O-]. The standard InChI is InChI=1S/C13H17N3O5/c1-15-10(6-7-11(15)16(20)21)12(17)14-9-5-3-2-4-8(9)13(18)19/h6-9H,2-5H2,1H3,(H,14,17)(H,18,19). The molecule has 0 radical (unpaired) electrons. The van der Waals surface area contributed by atoms with Gasteiger partial charge >= 0.3 is 11.8 Å². The normalized spacial score (nSPS) is 21.8. The summed E-state index contributed by atoms with van der Waals surface area (Å²) >= 11 is 0. The summed E-state index contributed by atoms with van der Waals surface area (Å²) in [5, 5.41) is 22.6. The van der Waals surface area contributed by atoms with Crippen LogP contribution in [0.4, 0.5) is 5.82 Å². The molecule has 21 heavy (non-hydrogen) atoms. The summed E-state index contributed by atoms with van der Waals surface area (Å²) in [4.78, 5) is 33.6. The molecule has 1 aromatic rings. The molecule has 1 amide bonds. The highest BCUT2D eigenvalue weighted by molar-refractivity contribution is 5.93. The number of hydrogen-bond acceptors (Lipinski definition) is 4. The third-order valence-corrected chi connectivity index (χ3v) is 3.91. The molecule has 1 heterocycles. The number of nitrogens with one attached hydrogen (secondary N) is 1. The van der Waals surface area contributed by atoms with Crippen molar-refractivity contribution in [3.05, 3.63) is 27.9 Å². The van der Waals surface area contributed by atoms with Crippen LogP contribution in [0, 0.1) is 16.0 Å². The predicted molar refractivity (Wildman–Crippen MR) is 72.9 cm³/mol. The van der Waals surface area contributed by atoms with Crippen LogP contribution in [0.15, 0.2) is 12.1 Å². The largest absolute Gasteiger partial charge is 0.481 e. The van der Waals surface area contributed by atoms with Crippen LogP contribution in [-0.2, 0) is 11.8 Å². The lowest BCUT2D eigenvalue weighted by Crippen LogP contribution is -2.45. The van der Waals surface area contributed by atoms with E-state index in [1.165, 1.54) is 23.7 Å². The summed E-state index contributed by atoms with van der Waals surface area (Å²) in [5.74, 6) is -2.18. The molecule has 1 aliphatic carbocycles. The summed E-state index contributed by atoms with van der Waals surface area (Å²) in [6.45, 7) is 0. The maximum atomic E-state index is 12.2. The van der Waals surface area contributed by atoms with Crippen molar-refractivity contribution in [1.82, 2.24) is 9.88 Å². The second-order valence-electron chi connectivity index (χ2n) is 5.20. The minimum absolute atomic E-state index is 0.149. The fourth-order valence-corrected chi connectivity index (χ4v) is 2.75. The smallest absolute Gasteiger partial charge is 0.323 e. The van der Waals surface area contributed by atoms with Gasteiger partial charge in [-0.2, -0.15) is 0 Å². The van der Waals surface area contributed by atoms with Gasteiger partial charge in [0.2, 0.25) is 0 Å². The number of aromatic nitrogens is 1. The minimum atomic E-state index is -0.919. The summed E-state index contributed by atoms with van der Waals surface area (Å²) in [5.41, 5.74) is 0.149. The van der Waals surface area contributed by atoms with Crippen LogP contribution in [0.2, 0.25) is 0 Å². The van der Waals surface area contributed by atoms with Crippen LogP contribution in [-0.4, -0.2) is 32.5 Å². The molecule has 0 bridgehead atoms. The molecule has 0 saturated heterocycles. The topological polar surface area (TPSA) is 114 Å². The van der Waals surface area contributed by atoms with Gasteiger partial charge in [-0.25, -0.2) is 4.57 Å². The van der Waals surface area contributed by atoms with Gasteiger partial charge in [-0.3, -0.25) is 9.59 Å². The number of nitrogens with zero attached hydrogens (tertiary/aromatic N) is 2. The Hall–Kier alpha value is -2.38. The number of nitro groups is 1. The van der Waals surface area contributed by atoms with Crippen molar-refractivity contribution in [2.45, 2.75) is 31.7 Å². The van der Waals surface area contributed by atoms with Crippen molar-refractivity contribution < 1.29 is 19.6 Å². The Balaban J connectivity index is 2.13. The highest BCUT2D eigenvalue weighted by Gasteiger charge is 2.33. The van der Waals surface area contributed by atoms with Crippen molar-refractivity contribution in [1.29, 1.82) is 0 Å². The van der Waals surface area contributed by atoms with Gasteiger partial charge < -0.3 is 20.5 Å². The zero-order valence-corrected chi connectivity index (χ0v) is 11.6. The van der Waals surface area contributed by atoms with Crippen molar-refractivity contribution in [3.8, 4) is 0 Å². The highest BCUT2D eigenvalue weighted by atomic mass is 16.6. The number of aliphatic carboxylic acids is 1. The van der Waals surface area contributed by atoms with E-state index < -0.39 is 28.8 Å². The van der Waals surface area contributed by atoms with E-state index in [2.05, 4.69) is 5.32 Å². The monoisotopic (exact) mass is 295 g/mol. The van der Waals surface area contributed by atoms with Gasteiger partial charge in [0.1, 0.15) is 0 Å². The lowest BCUT2D eigenvalue weighted by atomic mass is 9.84. The molecule has 2 atom stereocenters. The first-order valence-corrected chi connectivity index (χ1v) is 6.75. The zero-order valence-electron chi connectivity index (χ0n) is 11.6. The molecule has 1 fully saturated rings. The van der Waals surface area contributed by atoms with E-state index in [-0.39, 0.29) is 11.5 Å². The van der Waals surface area contributed by atoms with Crippen LogP contribution in [0.25, 0.3) is 0 Å². The van der Waals surface area contributed by atoms with E-state index in [1.807, 2.05) is 0 Å². The molecule has 2 rings (SSSR count). The second kappa shape index (κ2) is 5.94. The Morgan fingerprint density at radius 2 is 2.05 bits per heavy atom. The van der Waals surface area contributed by atoms with Crippen LogP contribution in [0.5, 0.6) is 0 Å². The molecule has 1 saturated carbocycles. The molecule has 1 aliphatic rings. The van der Waals surface area contributed by atoms with E-state index in [0.29, 0.717) is 12.8 Å². The molecule has 114 valence electrons. The van der Waals surface area contributed by atoms with Crippen LogP contribution in [0.1, 0.15) is 36.2 Å². The number of hydrogen-bond donors (Lipinski definition) is 2. The molecular formula is C13H17N3O5. The van der Waals surface area contributed by atoms with Gasteiger partial charge in [-0.05, 0) is 23.8 Å². The Morgan fingerprint density at radius 1 is 1.38 bits per heavy atom. The molecule has 2 unspecified atom stereocenters. The number of amides is 1.